The first-order chi connectivity index (χ1) is 37.3. The highest BCUT2D eigenvalue weighted by Crippen LogP contribution is 2.63. The fourth-order valence-corrected chi connectivity index (χ4v) is 14.0. The van der Waals surface area contributed by atoms with E-state index in [2.05, 4.69) is 88.0 Å². The molecule has 80 heavy (non-hydrogen) atoms. The van der Waals surface area contributed by atoms with Gasteiger partial charge in [0, 0.05) is 26.7 Å². The second-order valence-corrected chi connectivity index (χ2v) is 34.7. The summed E-state index contributed by atoms with van der Waals surface area (Å²) in [5.74, 6) is -2.15. The van der Waals surface area contributed by atoms with Crippen molar-refractivity contribution in [1.82, 2.24) is 19.5 Å². The fraction of sp³-hybridized carbons (Fsp3) is 0.644. The van der Waals surface area contributed by atoms with Gasteiger partial charge in [0.05, 0.1) is 30.7 Å². The lowest BCUT2D eigenvalue weighted by atomic mass is 9.84. The number of benzene rings is 2. The molecule has 2 aromatic carbocycles. The third-order valence-electron chi connectivity index (χ3n) is 17.1. The van der Waals surface area contributed by atoms with E-state index in [1.165, 1.54) is 27.1 Å². The predicted octanol–water partition coefficient (Wildman–Crippen LogP) is 10.6. The molecule has 8 atom stereocenters. The van der Waals surface area contributed by atoms with Crippen molar-refractivity contribution in [2.45, 2.75) is 237 Å². The van der Waals surface area contributed by atoms with Crippen molar-refractivity contribution in [3.63, 3.8) is 0 Å². The summed E-state index contributed by atoms with van der Waals surface area (Å²) in [7, 11) is -4.50. The van der Waals surface area contributed by atoms with Crippen LogP contribution < -0.4 is 10.9 Å². The summed E-state index contributed by atoms with van der Waals surface area (Å²) in [5.41, 5.74) is -1.58. The largest absolute Gasteiger partial charge is 0.455 e. The molecular formula is C59H87N5O14Si2. The normalized spacial score (nSPS) is 26.1. The lowest BCUT2D eigenvalue weighted by Crippen LogP contribution is -2.60. The Bertz CT molecular complexity index is 2890. The summed E-state index contributed by atoms with van der Waals surface area (Å²) in [5, 5.41) is 2.60. The third-order valence-corrected chi connectivity index (χ3v) is 26.2. The zero-order valence-electron chi connectivity index (χ0n) is 50.1. The molecule has 2 saturated carbocycles. The standard InChI is InChI=1S/C33H47N5O7Si.C26H40O7Si/c1-10-33(32(16-17-32)45-46(8,9)31(5,6)7)25(42-18-22-14-12-11-13-15-22)24(43-21(4)39)29(44-33)38-19-34-23-26(38)35-30(37-28(23)41)36-27(40)20(2)3;1-9-26(25(15-16-25)33-34(7,8)24(4,5)6)22(29-17-20-13-11-10-12-14-20)21(30-18(2)27)23(32-26)31-19(3)28/h11-15,19-20,24-25,29H,10,16-18H2,1-9H3,(H2,35,36,37,40,41);10-14,21-23H,9,15-17H2,1-8H3/t24?,25-,29-,33-;21?,22-,23?,26-/m11/s1. The van der Waals surface area contributed by atoms with E-state index in [0.717, 1.165) is 36.8 Å². The van der Waals surface area contributed by atoms with Gasteiger partial charge in [-0.1, -0.05) is 130 Å². The number of aromatic amines is 1. The van der Waals surface area contributed by atoms with Crippen molar-refractivity contribution in [2.24, 2.45) is 5.92 Å². The molecule has 4 fully saturated rings. The number of ether oxygens (including phenoxy) is 7. The van der Waals surface area contributed by atoms with Crippen molar-refractivity contribution in [3.8, 4) is 0 Å². The molecule has 2 aliphatic carbocycles. The number of nitrogens with one attached hydrogen (secondary N) is 2. The highest BCUT2D eigenvalue weighted by atomic mass is 28.4. The third kappa shape index (κ3) is 12.7. The lowest BCUT2D eigenvalue weighted by Gasteiger charge is -2.47. The Balaban J connectivity index is 0.000000242. The number of H-pyrrole nitrogens is 1. The number of hydrogen-bond donors (Lipinski definition) is 2. The molecule has 4 aliphatic rings. The molecule has 2 aliphatic heterocycles. The van der Waals surface area contributed by atoms with Crippen LogP contribution in [0.15, 0.2) is 71.8 Å². The summed E-state index contributed by atoms with van der Waals surface area (Å²) >= 11 is 0. The first kappa shape index (κ1) is 62.5. The maximum absolute atomic E-state index is 13.1. The molecule has 19 nitrogen and oxygen atoms in total. The Morgan fingerprint density at radius 3 is 1.55 bits per heavy atom. The summed E-state index contributed by atoms with van der Waals surface area (Å²) in [6, 6.07) is 19.6. The van der Waals surface area contributed by atoms with Crippen LogP contribution in [0.1, 0.15) is 146 Å². The molecule has 4 aromatic rings. The molecule has 4 heterocycles. The van der Waals surface area contributed by atoms with Crippen molar-refractivity contribution in [3.05, 3.63) is 88.5 Å². The average molecular weight is 1150 g/mol. The van der Waals surface area contributed by atoms with E-state index in [1.54, 1.807) is 18.4 Å². The Labute approximate surface area is 473 Å². The van der Waals surface area contributed by atoms with Gasteiger partial charge in [-0.25, -0.2) is 4.98 Å². The minimum absolute atomic E-state index is 0.00108. The van der Waals surface area contributed by atoms with E-state index in [0.29, 0.717) is 19.4 Å². The first-order valence-corrected chi connectivity index (χ1v) is 34.0. The molecule has 0 bridgehead atoms. The van der Waals surface area contributed by atoms with E-state index < -0.39 is 99.4 Å². The Kier molecular flexibility index (Phi) is 18.4. The molecule has 440 valence electrons. The van der Waals surface area contributed by atoms with Crippen molar-refractivity contribution in [2.75, 3.05) is 5.32 Å². The molecular weight excluding hydrogens is 1060 g/mol. The van der Waals surface area contributed by atoms with Crippen LogP contribution in [0.25, 0.3) is 11.2 Å². The maximum atomic E-state index is 13.1. The highest BCUT2D eigenvalue weighted by molar-refractivity contribution is 6.74. The Morgan fingerprint density at radius 2 is 1.14 bits per heavy atom. The maximum Gasteiger partial charge on any atom is 0.305 e. The second-order valence-electron chi connectivity index (χ2n) is 25.3. The van der Waals surface area contributed by atoms with Crippen molar-refractivity contribution < 1.29 is 61.2 Å². The zero-order chi connectivity index (χ0) is 59.0. The number of amides is 1. The SMILES string of the molecule is CC[C@@]1(C2(O[Si](C)(C)C(C)(C)C)CC2)OC(OC(C)=O)C(OC(C)=O)[C@H]1OCc1ccccc1.CC[C@@]1(C2(O[Si](C)(C)C(C)(C)C)CC2)O[C@@H](n2cnc3c(=O)[nH]c(NC(=O)C(C)C)nc32)C(OC(C)=O)[C@H]1OCc1ccccc1. The lowest BCUT2D eigenvalue weighted by molar-refractivity contribution is -0.224. The molecule has 0 radical (unpaired) electrons. The van der Waals surface area contributed by atoms with E-state index in [-0.39, 0.29) is 45.6 Å². The van der Waals surface area contributed by atoms with Crippen LogP contribution in [0, 0.1) is 5.92 Å². The number of carbonyl (C=O) groups is 4. The number of anilines is 1. The molecule has 21 heteroatoms. The Hall–Kier alpha value is -5.14. The monoisotopic (exact) mass is 1150 g/mol. The van der Waals surface area contributed by atoms with Crippen LogP contribution in [-0.2, 0) is 74.4 Å². The molecule has 0 spiro atoms. The van der Waals surface area contributed by atoms with Gasteiger partial charge < -0.3 is 42.0 Å². The van der Waals surface area contributed by atoms with Crippen LogP contribution in [0.5, 0.6) is 0 Å². The van der Waals surface area contributed by atoms with Crippen LogP contribution in [0.3, 0.4) is 0 Å². The smallest absolute Gasteiger partial charge is 0.305 e. The van der Waals surface area contributed by atoms with Gasteiger partial charge in [-0.3, -0.25) is 38.8 Å². The predicted molar refractivity (Wildman–Crippen MR) is 306 cm³/mol. The van der Waals surface area contributed by atoms with Crippen molar-refractivity contribution in [1.29, 1.82) is 0 Å². The summed E-state index contributed by atoms with van der Waals surface area (Å²) < 4.78 is 60.1. The number of esters is 3. The van der Waals surface area contributed by atoms with Crippen molar-refractivity contribution >= 4 is 57.6 Å². The van der Waals surface area contributed by atoms with Crippen LogP contribution in [-0.4, -0.2) is 113 Å². The fourth-order valence-electron chi connectivity index (χ4n) is 10.7. The number of hydrogen-bond acceptors (Lipinski definition) is 16. The highest BCUT2D eigenvalue weighted by Gasteiger charge is 2.75. The van der Waals surface area contributed by atoms with E-state index in [1.807, 2.05) is 74.5 Å². The summed E-state index contributed by atoms with van der Waals surface area (Å²) in [6.07, 6.45) is 0.365. The van der Waals surface area contributed by atoms with Crippen LogP contribution in [0.4, 0.5) is 5.95 Å². The zero-order valence-corrected chi connectivity index (χ0v) is 52.1. The number of carbonyl (C=O) groups excluding carboxylic acids is 4. The number of fused-ring (bicyclic) bond motifs is 1. The molecule has 8 rings (SSSR count). The van der Waals surface area contributed by atoms with E-state index in [9.17, 15) is 24.0 Å². The van der Waals surface area contributed by atoms with E-state index >= 15 is 0 Å². The molecule has 1 amide bonds. The minimum Gasteiger partial charge on any atom is -0.455 e. The van der Waals surface area contributed by atoms with Gasteiger partial charge in [0.1, 0.15) is 23.4 Å². The van der Waals surface area contributed by atoms with Crippen LogP contribution in [0.2, 0.25) is 36.3 Å². The second kappa shape index (κ2) is 23.6. The number of aromatic nitrogens is 4. The van der Waals surface area contributed by atoms with Gasteiger partial charge in [-0.05, 0) is 85.9 Å². The van der Waals surface area contributed by atoms with Gasteiger partial charge in [0.15, 0.2) is 46.2 Å². The topological polar surface area (TPSA) is 227 Å². The molecule has 2 aromatic heterocycles. The van der Waals surface area contributed by atoms with Gasteiger partial charge in [-0.2, -0.15) is 4.98 Å². The van der Waals surface area contributed by atoms with Gasteiger partial charge in [-0.15, -0.1) is 0 Å². The average Bonchev–Trinajstić information content (AvgIpc) is 4.24. The minimum atomic E-state index is -2.31. The summed E-state index contributed by atoms with van der Waals surface area (Å²) in [6.45, 7) is 34.2. The molecule has 2 N–H and O–H groups in total. The summed E-state index contributed by atoms with van der Waals surface area (Å²) in [4.78, 5) is 73.8. The molecule has 2 saturated heterocycles. The number of rotatable bonds is 20. The van der Waals surface area contributed by atoms with Gasteiger partial charge in [0.2, 0.25) is 18.1 Å². The Morgan fingerprint density at radius 1 is 0.700 bits per heavy atom. The quantitative estimate of drug-likeness (QED) is 0.0476. The number of nitrogens with zero attached hydrogens (tertiary/aromatic N) is 3. The van der Waals surface area contributed by atoms with Gasteiger partial charge >= 0.3 is 17.9 Å². The molecule has 3 unspecified atom stereocenters. The van der Waals surface area contributed by atoms with Gasteiger partial charge in [0.25, 0.3) is 5.56 Å². The van der Waals surface area contributed by atoms with E-state index in [4.69, 9.17) is 42.0 Å². The first-order valence-electron chi connectivity index (χ1n) is 28.2. The number of imidazole rings is 1. The van der Waals surface area contributed by atoms with Crippen LogP contribution >= 0.6 is 0 Å².